The average Bonchev–Trinajstić information content (AvgIpc) is 2.32. The molecule has 0 fully saturated rings. The molecule has 2 N–H and O–H groups in total. The molecule has 0 aliphatic heterocycles. The van der Waals surface area contributed by atoms with E-state index in [1.807, 2.05) is 0 Å². The highest BCUT2D eigenvalue weighted by Gasteiger charge is 2.14. The maximum atomic E-state index is 11.8. The van der Waals surface area contributed by atoms with Gasteiger partial charge in [0.2, 0.25) is 0 Å². The Morgan fingerprint density at radius 3 is 2.68 bits per heavy atom. The molecule has 0 atom stereocenters. The molecule has 1 aromatic rings. The molecule has 19 heavy (non-hydrogen) atoms. The van der Waals surface area contributed by atoms with Crippen molar-refractivity contribution in [3.8, 4) is 11.8 Å². The van der Waals surface area contributed by atoms with Crippen LogP contribution in [0.4, 0.5) is 5.69 Å². The Hall–Kier alpha value is -1.26. The number of nitrogens with zero attached hydrogens (tertiary/aromatic N) is 1. The van der Waals surface area contributed by atoms with Crippen molar-refractivity contribution in [3.63, 3.8) is 0 Å². The van der Waals surface area contributed by atoms with Crippen LogP contribution in [0.3, 0.4) is 0 Å². The van der Waals surface area contributed by atoms with Crippen molar-refractivity contribution >= 4 is 27.5 Å². The minimum Gasteiger partial charge on any atom is -0.395 e. The van der Waals surface area contributed by atoms with Crippen LogP contribution in [-0.2, 0) is 10.2 Å². The maximum absolute atomic E-state index is 11.8. The molecule has 0 radical (unpaired) electrons. The van der Waals surface area contributed by atoms with Gasteiger partial charge in [-0.3, -0.25) is 4.72 Å². The predicted molar refractivity (Wildman–Crippen MR) is 76.3 cm³/mol. The number of halogens is 1. The largest absolute Gasteiger partial charge is 0.395 e. The Balaban J connectivity index is 3.12. The molecule has 104 valence electrons. The smallest absolute Gasteiger partial charge is 0.301 e. The first kappa shape index (κ1) is 15.8. The fourth-order valence-electron chi connectivity index (χ4n) is 1.15. The van der Waals surface area contributed by atoms with E-state index in [-0.39, 0.29) is 6.61 Å². The molecular formula is C12H15ClN2O3S. The quantitative estimate of drug-likeness (QED) is 0.824. The van der Waals surface area contributed by atoms with Gasteiger partial charge in [-0.25, -0.2) is 0 Å². The van der Waals surface area contributed by atoms with Crippen molar-refractivity contribution in [2.75, 3.05) is 25.4 Å². The Morgan fingerprint density at radius 1 is 1.42 bits per heavy atom. The van der Waals surface area contributed by atoms with Gasteiger partial charge >= 0.3 is 10.2 Å². The number of rotatable bonds is 4. The van der Waals surface area contributed by atoms with E-state index in [0.29, 0.717) is 22.7 Å². The first-order chi connectivity index (χ1) is 8.86. The zero-order chi connectivity index (χ0) is 14.5. The molecule has 0 bridgehead atoms. The van der Waals surface area contributed by atoms with Gasteiger partial charge in [-0.05, 0) is 18.2 Å². The molecule has 0 saturated carbocycles. The van der Waals surface area contributed by atoms with Crippen molar-refractivity contribution < 1.29 is 13.5 Å². The van der Waals surface area contributed by atoms with E-state index in [9.17, 15) is 8.42 Å². The first-order valence-corrected chi connectivity index (χ1v) is 7.28. The number of aliphatic hydroxyl groups excluding tert-OH is 1. The maximum Gasteiger partial charge on any atom is 0.301 e. The molecule has 1 rings (SSSR count). The minimum absolute atomic E-state index is 0.0493. The van der Waals surface area contributed by atoms with Gasteiger partial charge in [0.1, 0.15) is 0 Å². The van der Waals surface area contributed by atoms with Gasteiger partial charge in [0.25, 0.3) is 0 Å². The molecule has 0 aromatic heterocycles. The highest BCUT2D eigenvalue weighted by molar-refractivity contribution is 7.90. The molecule has 0 amide bonds. The van der Waals surface area contributed by atoms with E-state index in [1.54, 1.807) is 18.2 Å². The number of nitrogens with one attached hydrogen (secondary N) is 1. The normalized spacial score (nSPS) is 11.0. The summed E-state index contributed by atoms with van der Waals surface area (Å²) in [5.74, 6) is 5.50. The van der Waals surface area contributed by atoms with Crippen molar-refractivity contribution in [1.82, 2.24) is 4.31 Å². The fraction of sp³-hybridized carbons (Fsp3) is 0.333. The van der Waals surface area contributed by atoms with Crippen LogP contribution in [-0.4, -0.2) is 38.5 Å². The first-order valence-electron chi connectivity index (χ1n) is 5.46. The lowest BCUT2D eigenvalue weighted by atomic mass is 10.2. The summed E-state index contributed by atoms with van der Waals surface area (Å²) in [4.78, 5) is 0. The van der Waals surface area contributed by atoms with Crippen LogP contribution in [0, 0.1) is 11.8 Å². The van der Waals surface area contributed by atoms with Gasteiger partial charge < -0.3 is 5.11 Å². The second kappa shape index (κ2) is 6.78. The number of aliphatic hydroxyl groups is 1. The second-order valence-corrected chi connectivity index (χ2v) is 6.18. The minimum atomic E-state index is -3.59. The van der Waals surface area contributed by atoms with Gasteiger partial charge in [-0.2, -0.15) is 12.7 Å². The zero-order valence-corrected chi connectivity index (χ0v) is 12.2. The molecule has 0 saturated heterocycles. The second-order valence-electron chi connectivity index (χ2n) is 3.85. The van der Waals surface area contributed by atoms with Gasteiger partial charge in [0, 0.05) is 25.5 Å². The standard InChI is InChI=1S/C12H15ClN2O3S/c1-15(2)19(17,18)14-12-7-6-11(13)9-10(12)5-3-4-8-16/h6-7,9,14,16H,4,8H2,1-2H3. The molecular weight excluding hydrogens is 288 g/mol. The van der Waals surface area contributed by atoms with Crippen LogP contribution in [0.2, 0.25) is 5.02 Å². The lowest BCUT2D eigenvalue weighted by Crippen LogP contribution is -2.29. The molecule has 7 heteroatoms. The summed E-state index contributed by atoms with van der Waals surface area (Å²) >= 11 is 5.86. The molecule has 0 aliphatic rings. The molecule has 5 nitrogen and oxygen atoms in total. The van der Waals surface area contributed by atoms with E-state index in [2.05, 4.69) is 16.6 Å². The van der Waals surface area contributed by atoms with Gasteiger partial charge in [-0.15, -0.1) is 0 Å². The summed E-state index contributed by atoms with van der Waals surface area (Å²) in [6.45, 7) is -0.0493. The molecule has 0 unspecified atom stereocenters. The van der Waals surface area contributed by atoms with Gasteiger partial charge in [0.15, 0.2) is 0 Å². The SMILES string of the molecule is CN(C)S(=O)(=O)Nc1ccc(Cl)cc1C#CCCO. The summed E-state index contributed by atoms with van der Waals surface area (Å²) in [5.41, 5.74) is 0.815. The average molecular weight is 303 g/mol. The van der Waals surface area contributed by atoms with E-state index < -0.39 is 10.2 Å². The highest BCUT2D eigenvalue weighted by atomic mass is 35.5. The Morgan fingerprint density at radius 2 is 2.11 bits per heavy atom. The third-order valence-electron chi connectivity index (χ3n) is 2.16. The van der Waals surface area contributed by atoms with Crippen molar-refractivity contribution in [2.24, 2.45) is 0 Å². The van der Waals surface area contributed by atoms with Crippen LogP contribution >= 0.6 is 11.6 Å². The molecule has 1 aromatic carbocycles. The summed E-state index contributed by atoms with van der Waals surface area (Å²) in [6.07, 6.45) is 0.312. The highest BCUT2D eigenvalue weighted by Crippen LogP contribution is 2.21. The Labute approximate surface area is 118 Å². The third kappa shape index (κ3) is 4.73. The number of hydrogen-bond acceptors (Lipinski definition) is 3. The van der Waals surface area contributed by atoms with Crippen molar-refractivity contribution in [1.29, 1.82) is 0 Å². The topological polar surface area (TPSA) is 69.6 Å². The van der Waals surface area contributed by atoms with E-state index >= 15 is 0 Å². The van der Waals surface area contributed by atoms with Crippen LogP contribution < -0.4 is 4.72 Å². The number of anilines is 1. The van der Waals surface area contributed by atoms with Crippen LogP contribution in [0.25, 0.3) is 0 Å². The fourth-order valence-corrected chi connectivity index (χ4v) is 1.96. The van der Waals surface area contributed by atoms with E-state index in [0.717, 1.165) is 4.31 Å². The van der Waals surface area contributed by atoms with Gasteiger partial charge in [0.05, 0.1) is 17.9 Å². The monoisotopic (exact) mass is 302 g/mol. The summed E-state index contributed by atoms with van der Waals surface area (Å²) in [5, 5.41) is 9.14. The summed E-state index contributed by atoms with van der Waals surface area (Å²) < 4.78 is 27.0. The molecule has 0 aliphatic carbocycles. The summed E-state index contributed by atoms with van der Waals surface area (Å²) in [7, 11) is -0.742. The van der Waals surface area contributed by atoms with E-state index in [4.69, 9.17) is 16.7 Å². The van der Waals surface area contributed by atoms with Crippen LogP contribution in [0.1, 0.15) is 12.0 Å². The van der Waals surface area contributed by atoms with Crippen molar-refractivity contribution in [2.45, 2.75) is 6.42 Å². The van der Waals surface area contributed by atoms with Gasteiger partial charge in [-0.1, -0.05) is 23.4 Å². The zero-order valence-electron chi connectivity index (χ0n) is 10.6. The Bertz CT molecular complexity index is 603. The number of hydrogen-bond donors (Lipinski definition) is 2. The lowest BCUT2D eigenvalue weighted by molar-refractivity contribution is 0.305. The lowest BCUT2D eigenvalue weighted by Gasteiger charge is -2.14. The van der Waals surface area contributed by atoms with Crippen molar-refractivity contribution in [3.05, 3.63) is 28.8 Å². The van der Waals surface area contributed by atoms with Crippen LogP contribution in [0.5, 0.6) is 0 Å². The molecule has 0 spiro atoms. The van der Waals surface area contributed by atoms with E-state index in [1.165, 1.54) is 14.1 Å². The van der Waals surface area contributed by atoms with Crippen LogP contribution in [0.15, 0.2) is 18.2 Å². The molecule has 0 heterocycles. The number of benzene rings is 1. The third-order valence-corrected chi connectivity index (χ3v) is 3.84. The summed E-state index contributed by atoms with van der Waals surface area (Å²) in [6, 6.07) is 4.69. The Kier molecular flexibility index (Phi) is 5.63. The predicted octanol–water partition coefficient (Wildman–Crippen LogP) is 1.29.